The third-order valence-corrected chi connectivity index (χ3v) is 6.89. The lowest BCUT2D eigenvalue weighted by atomic mass is 9.90. The number of rotatable bonds is 10. The molecule has 0 N–H and O–H groups in total. The van der Waals surface area contributed by atoms with E-state index in [2.05, 4.69) is 0 Å². The first-order valence-electron chi connectivity index (χ1n) is 11.1. The molecule has 2 amide bonds. The largest absolute Gasteiger partial charge is 0.468 e. The van der Waals surface area contributed by atoms with Gasteiger partial charge in [0.05, 0.1) is 24.4 Å². The molecule has 1 aromatic rings. The third-order valence-electron chi connectivity index (χ3n) is 5.33. The molecule has 1 atom stereocenters. The first-order chi connectivity index (χ1) is 16.7. The minimum Gasteiger partial charge on any atom is -0.468 e. The Labute approximate surface area is 213 Å². The minimum absolute atomic E-state index is 0.0163. The van der Waals surface area contributed by atoms with E-state index >= 15 is 4.39 Å². The van der Waals surface area contributed by atoms with Gasteiger partial charge < -0.3 is 14.2 Å². The monoisotopic (exact) mass is 529 g/mol. The average molecular weight is 530 g/mol. The standard InChI is InChI=1S/C24H29ClFNO7S/c1-5-21(28)27(19-13-20(17(25)12-18(19)26)35-14(2)23(30)33-4)22(29)15-8-6-7-9-16(15)24(31)34-11-10-32-3/h12-14H,5-11H2,1-4H3. The number of hydrogen-bond donors (Lipinski definition) is 0. The van der Waals surface area contributed by atoms with Gasteiger partial charge in [-0.2, -0.15) is 0 Å². The van der Waals surface area contributed by atoms with Crippen molar-refractivity contribution in [3.05, 3.63) is 34.1 Å². The maximum atomic E-state index is 15.1. The van der Waals surface area contributed by atoms with Gasteiger partial charge in [-0.3, -0.25) is 14.4 Å². The molecule has 0 saturated carbocycles. The van der Waals surface area contributed by atoms with Crippen molar-refractivity contribution >= 4 is 52.8 Å². The number of amides is 2. The van der Waals surface area contributed by atoms with Crippen molar-refractivity contribution in [3.63, 3.8) is 0 Å². The topological polar surface area (TPSA) is 99.2 Å². The summed E-state index contributed by atoms with van der Waals surface area (Å²) in [4.78, 5) is 52.0. The molecule has 0 spiro atoms. The second-order valence-corrected chi connectivity index (χ2v) is 9.49. The minimum atomic E-state index is -0.888. The number of esters is 2. The maximum absolute atomic E-state index is 15.1. The summed E-state index contributed by atoms with van der Waals surface area (Å²) in [6, 6.07) is 2.24. The quantitative estimate of drug-likeness (QED) is 0.249. The van der Waals surface area contributed by atoms with Crippen LogP contribution in [0.25, 0.3) is 0 Å². The van der Waals surface area contributed by atoms with E-state index in [0.29, 0.717) is 24.2 Å². The molecule has 0 radical (unpaired) electrons. The number of carbonyl (C=O) groups is 4. The fraction of sp³-hybridized carbons (Fsp3) is 0.500. The van der Waals surface area contributed by atoms with Crippen LogP contribution in [0, 0.1) is 5.82 Å². The van der Waals surface area contributed by atoms with Crippen LogP contribution in [0.5, 0.6) is 0 Å². The lowest BCUT2D eigenvalue weighted by molar-refractivity contribution is -0.141. The zero-order chi connectivity index (χ0) is 26.1. The van der Waals surface area contributed by atoms with Crippen LogP contribution in [0.4, 0.5) is 10.1 Å². The summed E-state index contributed by atoms with van der Waals surface area (Å²) in [6.45, 7) is 3.34. The number of benzene rings is 1. The fourth-order valence-electron chi connectivity index (χ4n) is 3.51. The van der Waals surface area contributed by atoms with Crippen LogP contribution in [-0.2, 0) is 33.4 Å². The van der Waals surface area contributed by atoms with Crippen molar-refractivity contribution in [2.45, 2.75) is 56.1 Å². The number of methoxy groups -OCH3 is 2. The highest BCUT2D eigenvalue weighted by atomic mass is 35.5. The van der Waals surface area contributed by atoms with E-state index in [1.807, 2.05) is 0 Å². The van der Waals surface area contributed by atoms with E-state index < -0.39 is 34.8 Å². The molecule has 2 rings (SSSR count). The molecule has 0 aromatic heterocycles. The van der Waals surface area contributed by atoms with E-state index in [1.165, 1.54) is 20.3 Å². The molecule has 35 heavy (non-hydrogen) atoms. The van der Waals surface area contributed by atoms with Crippen LogP contribution >= 0.6 is 23.4 Å². The average Bonchev–Trinajstić information content (AvgIpc) is 2.85. The molecule has 1 unspecified atom stereocenters. The third kappa shape index (κ3) is 7.28. The predicted molar refractivity (Wildman–Crippen MR) is 130 cm³/mol. The molecular formula is C24H29ClFNO7S. The van der Waals surface area contributed by atoms with Gasteiger partial charge in [-0.15, -0.1) is 11.8 Å². The molecule has 192 valence electrons. The van der Waals surface area contributed by atoms with E-state index in [9.17, 15) is 19.2 Å². The molecule has 0 heterocycles. The van der Waals surface area contributed by atoms with Crippen molar-refractivity contribution in [3.8, 4) is 0 Å². The van der Waals surface area contributed by atoms with Crippen molar-refractivity contribution in [2.24, 2.45) is 0 Å². The predicted octanol–water partition coefficient (Wildman–Crippen LogP) is 4.46. The van der Waals surface area contributed by atoms with Gasteiger partial charge >= 0.3 is 11.9 Å². The summed E-state index contributed by atoms with van der Waals surface area (Å²) in [5.74, 6) is -3.50. The van der Waals surface area contributed by atoms with E-state index in [-0.39, 0.29) is 47.9 Å². The van der Waals surface area contributed by atoms with Crippen molar-refractivity contribution in [2.75, 3.05) is 32.3 Å². The summed E-state index contributed by atoms with van der Waals surface area (Å²) >= 11 is 7.19. The Kier molecular flexibility index (Phi) is 11.2. The Morgan fingerprint density at radius 2 is 1.77 bits per heavy atom. The molecule has 0 bridgehead atoms. The number of anilines is 1. The zero-order valence-electron chi connectivity index (χ0n) is 20.2. The Morgan fingerprint density at radius 3 is 2.37 bits per heavy atom. The number of thioether (sulfide) groups is 1. The molecular weight excluding hydrogens is 501 g/mol. The first kappa shape index (κ1) is 28.8. The number of carbonyl (C=O) groups excluding carboxylic acids is 4. The van der Waals surface area contributed by atoms with E-state index in [1.54, 1.807) is 13.8 Å². The van der Waals surface area contributed by atoms with Gasteiger partial charge in [0.2, 0.25) is 5.91 Å². The van der Waals surface area contributed by atoms with Crippen molar-refractivity contribution in [1.29, 1.82) is 0 Å². The smallest absolute Gasteiger partial charge is 0.334 e. The Morgan fingerprint density at radius 1 is 1.11 bits per heavy atom. The molecule has 1 aromatic carbocycles. The van der Waals surface area contributed by atoms with Crippen LogP contribution < -0.4 is 4.90 Å². The number of hydrogen-bond acceptors (Lipinski definition) is 8. The van der Waals surface area contributed by atoms with E-state index in [4.69, 9.17) is 25.8 Å². The first-order valence-corrected chi connectivity index (χ1v) is 12.4. The number of ether oxygens (including phenoxy) is 3. The highest BCUT2D eigenvalue weighted by Crippen LogP contribution is 2.37. The van der Waals surface area contributed by atoms with Crippen LogP contribution in [-0.4, -0.2) is 56.4 Å². The summed E-state index contributed by atoms with van der Waals surface area (Å²) in [5, 5.41) is -0.654. The number of halogens is 2. The van der Waals surface area contributed by atoms with E-state index in [0.717, 1.165) is 22.7 Å². The van der Waals surface area contributed by atoms with Crippen molar-refractivity contribution < 1.29 is 37.8 Å². The lowest BCUT2D eigenvalue weighted by Gasteiger charge is -2.26. The van der Waals surface area contributed by atoms with Gasteiger partial charge in [-0.05, 0) is 44.7 Å². The summed E-state index contributed by atoms with van der Waals surface area (Å²) in [5.41, 5.74) is -0.0162. The van der Waals surface area contributed by atoms with Gasteiger partial charge in [-0.25, -0.2) is 14.1 Å². The molecule has 0 fully saturated rings. The van der Waals surface area contributed by atoms with Gasteiger partial charge in [0.1, 0.15) is 17.7 Å². The van der Waals surface area contributed by atoms with Crippen LogP contribution in [0.2, 0.25) is 5.02 Å². The fourth-order valence-corrected chi connectivity index (χ4v) is 4.71. The van der Waals surface area contributed by atoms with Crippen LogP contribution in [0.1, 0.15) is 46.0 Å². The SMILES string of the molecule is CCC(=O)N(C(=O)C1=C(C(=O)OCCOC)CCCC1)c1cc(SC(C)C(=O)OC)c(Cl)cc1F. The summed E-state index contributed by atoms with van der Waals surface area (Å²) in [7, 11) is 2.71. The summed E-state index contributed by atoms with van der Waals surface area (Å²) in [6.07, 6.45) is 1.77. The lowest BCUT2D eigenvalue weighted by Crippen LogP contribution is -2.39. The van der Waals surface area contributed by atoms with Crippen LogP contribution in [0.15, 0.2) is 28.2 Å². The second-order valence-electron chi connectivity index (χ2n) is 7.70. The highest BCUT2D eigenvalue weighted by molar-refractivity contribution is 8.00. The van der Waals surface area contributed by atoms with Gasteiger partial charge in [0.15, 0.2) is 0 Å². The molecule has 0 saturated heterocycles. The molecule has 1 aliphatic carbocycles. The molecule has 0 aliphatic heterocycles. The Balaban J connectivity index is 2.52. The Bertz CT molecular complexity index is 1010. The normalized spacial score (nSPS) is 14.3. The second kappa shape index (κ2) is 13.6. The van der Waals surface area contributed by atoms with Gasteiger partial charge in [-0.1, -0.05) is 18.5 Å². The highest BCUT2D eigenvalue weighted by Gasteiger charge is 2.33. The Hall–Kier alpha value is -2.43. The van der Waals surface area contributed by atoms with Crippen molar-refractivity contribution in [1.82, 2.24) is 0 Å². The maximum Gasteiger partial charge on any atom is 0.334 e. The number of imide groups is 1. The molecule has 11 heteroatoms. The zero-order valence-corrected chi connectivity index (χ0v) is 21.7. The van der Waals surface area contributed by atoms with Gasteiger partial charge in [0, 0.05) is 29.6 Å². The molecule has 8 nitrogen and oxygen atoms in total. The van der Waals surface area contributed by atoms with Gasteiger partial charge in [0.25, 0.3) is 5.91 Å². The molecule has 1 aliphatic rings. The van der Waals surface area contributed by atoms with Crippen LogP contribution in [0.3, 0.4) is 0 Å². The number of nitrogens with zero attached hydrogens (tertiary/aromatic N) is 1. The summed E-state index contributed by atoms with van der Waals surface area (Å²) < 4.78 is 29.9.